The fraction of sp³-hybridized carbons (Fsp3) is 0.500. The van der Waals surface area contributed by atoms with Gasteiger partial charge in [0.15, 0.2) is 5.78 Å². The van der Waals surface area contributed by atoms with Gasteiger partial charge in [-0.1, -0.05) is 20.8 Å². The molecule has 1 heterocycles. The number of anilines is 1. The fourth-order valence-electron chi connectivity index (χ4n) is 2.26. The summed E-state index contributed by atoms with van der Waals surface area (Å²) in [5, 5.41) is 2.86. The number of amides is 1. The van der Waals surface area contributed by atoms with Crippen molar-refractivity contribution in [3.63, 3.8) is 0 Å². The third kappa shape index (κ3) is 2.07. The van der Waals surface area contributed by atoms with Crippen molar-refractivity contribution in [1.29, 1.82) is 0 Å². The first kappa shape index (κ1) is 13.8. The molecule has 0 saturated carbocycles. The Morgan fingerprint density at radius 3 is 2.53 bits per heavy atom. The van der Waals surface area contributed by atoms with E-state index in [-0.39, 0.29) is 17.1 Å². The van der Waals surface area contributed by atoms with E-state index < -0.39 is 5.41 Å². The molecule has 0 fully saturated rings. The van der Waals surface area contributed by atoms with Crippen molar-refractivity contribution < 1.29 is 9.59 Å². The molecule has 0 spiro atoms. The number of carbonyl (C=O) groups is 2. The smallest absolute Gasteiger partial charge is 0.234 e. The third-order valence-corrected chi connectivity index (χ3v) is 4.27. The summed E-state index contributed by atoms with van der Waals surface area (Å²) in [6.45, 7) is 9.69. The molecule has 19 heavy (non-hydrogen) atoms. The lowest BCUT2D eigenvalue weighted by Crippen LogP contribution is -2.27. The molecule has 0 atom stereocenters. The van der Waals surface area contributed by atoms with Crippen molar-refractivity contribution in [2.45, 2.75) is 46.5 Å². The van der Waals surface area contributed by atoms with E-state index in [0.717, 1.165) is 17.7 Å². The van der Waals surface area contributed by atoms with Crippen molar-refractivity contribution in [1.82, 2.24) is 0 Å². The van der Waals surface area contributed by atoms with Gasteiger partial charge in [0, 0.05) is 16.7 Å². The first-order chi connectivity index (χ1) is 8.70. The first-order valence-corrected chi connectivity index (χ1v) is 6.71. The second-order valence-electron chi connectivity index (χ2n) is 6.41. The standard InChI is InChI=1S/C16H21NO2/c1-6-15(2,3)13(18)10-7-8-12-11(9-10)16(4,5)14(19)17-12/h7-9H,6H2,1-5H3,(H,17,19). The molecule has 2 rings (SSSR count). The van der Waals surface area contributed by atoms with Crippen LogP contribution in [0.1, 0.15) is 57.0 Å². The number of nitrogens with one attached hydrogen (secondary N) is 1. The Morgan fingerprint density at radius 1 is 1.32 bits per heavy atom. The van der Waals surface area contributed by atoms with E-state index in [0.29, 0.717) is 5.56 Å². The van der Waals surface area contributed by atoms with Gasteiger partial charge in [0.05, 0.1) is 5.41 Å². The van der Waals surface area contributed by atoms with Crippen LogP contribution in [0.3, 0.4) is 0 Å². The van der Waals surface area contributed by atoms with Crippen molar-refractivity contribution in [2.75, 3.05) is 5.32 Å². The zero-order valence-corrected chi connectivity index (χ0v) is 12.3. The Morgan fingerprint density at radius 2 is 1.95 bits per heavy atom. The molecule has 102 valence electrons. The SMILES string of the molecule is CCC(C)(C)C(=O)c1ccc2c(c1)C(C)(C)C(=O)N2. The summed E-state index contributed by atoms with van der Waals surface area (Å²) in [5.74, 6) is 0.120. The van der Waals surface area contributed by atoms with E-state index in [1.54, 1.807) is 6.07 Å². The Hall–Kier alpha value is -1.64. The largest absolute Gasteiger partial charge is 0.325 e. The summed E-state index contributed by atoms with van der Waals surface area (Å²) in [4.78, 5) is 24.4. The van der Waals surface area contributed by atoms with Crippen LogP contribution in [0.5, 0.6) is 0 Å². The molecule has 0 saturated heterocycles. The molecule has 0 aliphatic carbocycles. The van der Waals surface area contributed by atoms with Crippen LogP contribution >= 0.6 is 0 Å². The summed E-state index contributed by atoms with van der Waals surface area (Å²) in [5.41, 5.74) is 1.49. The maximum atomic E-state index is 12.5. The van der Waals surface area contributed by atoms with Crippen LogP contribution in [0.25, 0.3) is 0 Å². The fourth-order valence-corrected chi connectivity index (χ4v) is 2.26. The highest BCUT2D eigenvalue weighted by molar-refractivity contribution is 6.07. The molecule has 0 bridgehead atoms. The van der Waals surface area contributed by atoms with E-state index in [4.69, 9.17) is 0 Å². The Balaban J connectivity index is 2.47. The van der Waals surface area contributed by atoms with Crippen LogP contribution in [0, 0.1) is 5.41 Å². The summed E-state index contributed by atoms with van der Waals surface area (Å²) in [6, 6.07) is 5.51. The molecule has 0 radical (unpaired) electrons. The van der Waals surface area contributed by atoms with E-state index in [1.165, 1.54) is 0 Å². The van der Waals surface area contributed by atoms with Gasteiger partial charge in [-0.3, -0.25) is 9.59 Å². The molecular weight excluding hydrogens is 238 g/mol. The second kappa shape index (κ2) is 4.19. The molecule has 1 amide bonds. The lowest BCUT2D eigenvalue weighted by molar-refractivity contribution is -0.119. The third-order valence-electron chi connectivity index (χ3n) is 4.27. The van der Waals surface area contributed by atoms with Crippen LogP contribution in [-0.4, -0.2) is 11.7 Å². The highest BCUT2D eigenvalue weighted by Gasteiger charge is 2.39. The normalized spacial score (nSPS) is 17.0. The lowest BCUT2D eigenvalue weighted by atomic mass is 9.79. The van der Waals surface area contributed by atoms with Gasteiger partial charge < -0.3 is 5.32 Å². The Labute approximate surface area is 114 Å². The molecule has 3 heteroatoms. The quantitative estimate of drug-likeness (QED) is 0.844. The molecule has 1 aromatic carbocycles. The molecule has 3 nitrogen and oxygen atoms in total. The number of fused-ring (bicyclic) bond motifs is 1. The number of hydrogen-bond acceptors (Lipinski definition) is 2. The van der Waals surface area contributed by atoms with Crippen LogP contribution in [0.2, 0.25) is 0 Å². The topological polar surface area (TPSA) is 46.2 Å². The lowest BCUT2D eigenvalue weighted by Gasteiger charge is -2.22. The number of benzene rings is 1. The predicted octanol–water partition coefficient (Wildman–Crippen LogP) is 3.54. The van der Waals surface area contributed by atoms with Gasteiger partial charge >= 0.3 is 0 Å². The summed E-state index contributed by atoms with van der Waals surface area (Å²) >= 11 is 0. The zero-order valence-electron chi connectivity index (χ0n) is 12.3. The van der Waals surface area contributed by atoms with Gasteiger partial charge in [-0.25, -0.2) is 0 Å². The van der Waals surface area contributed by atoms with Gasteiger partial charge in [-0.15, -0.1) is 0 Å². The van der Waals surface area contributed by atoms with Crippen LogP contribution < -0.4 is 5.32 Å². The maximum Gasteiger partial charge on any atom is 0.234 e. The zero-order chi connectivity index (χ0) is 14.4. The number of carbonyl (C=O) groups excluding carboxylic acids is 2. The van der Waals surface area contributed by atoms with Gasteiger partial charge in [-0.2, -0.15) is 0 Å². The number of hydrogen-bond donors (Lipinski definition) is 1. The van der Waals surface area contributed by atoms with Gasteiger partial charge in [0.1, 0.15) is 0 Å². The Bertz CT molecular complexity index is 556. The van der Waals surface area contributed by atoms with Crippen molar-refractivity contribution >= 4 is 17.4 Å². The summed E-state index contributed by atoms with van der Waals surface area (Å²) < 4.78 is 0. The van der Waals surface area contributed by atoms with Crippen LogP contribution in [0.4, 0.5) is 5.69 Å². The van der Waals surface area contributed by atoms with E-state index in [2.05, 4.69) is 5.32 Å². The van der Waals surface area contributed by atoms with Gasteiger partial charge in [0.25, 0.3) is 0 Å². The summed E-state index contributed by atoms with van der Waals surface area (Å²) in [6.07, 6.45) is 0.795. The molecule has 1 aliphatic rings. The second-order valence-corrected chi connectivity index (χ2v) is 6.41. The molecule has 1 N–H and O–H groups in total. The maximum absolute atomic E-state index is 12.5. The first-order valence-electron chi connectivity index (χ1n) is 6.71. The van der Waals surface area contributed by atoms with Crippen LogP contribution in [-0.2, 0) is 10.2 Å². The number of rotatable bonds is 3. The average molecular weight is 259 g/mol. The minimum atomic E-state index is -0.567. The minimum absolute atomic E-state index is 0.0122. The minimum Gasteiger partial charge on any atom is -0.325 e. The highest BCUT2D eigenvalue weighted by atomic mass is 16.2. The van der Waals surface area contributed by atoms with Crippen molar-refractivity contribution in [3.05, 3.63) is 29.3 Å². The van der Waals surface area contributed by atoms with E-state index in [9.17, 15) is 9.59 Å². The molecular formula is C16H21NO2. The van der Waals surface area contributed by atoms with Gasteiger partial charge in [-0.05, 0) is 44.0 Å². The van der Waals surface area contributed by atoms with E-state index in [1.807, 2.05) is 46.8 Å². The molecule has 0 aromatic heterocycles. The monoisotopic (exact) mass is 259 g/mol. The molecule has 1 aromatic rings. The molecule has 0 unspecified atom stereocenters. The van der Waals surface area contributed by atoms with Gasteiger partial charge in [0.2, 0.25) is 5.91 Å². The molecule has 1 aliphatic heterocycles. The van der Waals surface area contributed by atoms with Crippen LogP contribution in [0.15, 0.2) is 18.2 Å². The van der Waals surface area contributed by atoms with E-state index >= 15 is 0 Å². The number of Topliss-reactive ketones (excluding diaryl/α,β-unsaturated/α-hetero) is 1. The predicted molar refractivity (Wildman–Crippen MR) is 76.5 cm³/mol. The number of ketones is 1. The Kier molecular flexibility index (Phi) is 3.04. The summed E-state index contributed by atoms with van der Waals surface area (Å²) in [7, 11) is 0. The highest BCUT2D eigenvalue weighted by Crippen LogP contribution is 2.38. The van der Waals surface area contributed by atoms with Crippen molar-refractivity contribution in [2.24, 2.45) is 5.41 Å². The average Bonchev–Trinajstić information content (AvgIpc) is 2.59. The van der Waals surface area contributed by atoms with Crippen molar-refractivity contribution in [3.8, 4) is 0 Å².